The van der Waals surface area contributed by atoms with Gasteiger partial charge in [0.05, 0.1) is 25.9 Å². The van der Waals surface area contributed by atoms with Gasteiger partial charge in [-0.15, -0.1) is 0 Å². The molecule has 1 atom stereocenters. The molecule has 1 unspecified atom stereocenters. The lowest BCUT2D eigenvalue weighted by Gasteiger charge is -2.14. The lowest BCUT2D eigenvalue weighted by atomic mass is 10.1. The van der Waals surface area contributed by atoms with Gasteiger partial charge in [0, 0.05) is 6.54 Å². The first-order valence-corrected chi connectivity index (χ1v) is 8.21. The molecular formula is C19H21NO6. The summed E-state index contributed by atoms with van der Waals surface area (Å²) in [6.07, 6.45) is -0.366. The van der Waals surface area contributed by atoms with E-state index in [-0.39, 0.29) is 12.7 Å². The van der Waals surface area contributed by atoms with Crippen LogP contribution >= 0.6 is 0 Å². The van der Waals surface area contributed by atoms with Crippen LogP contribution in [0.1, 0.15) is 28.4 Å². The minimum Gasteiger partial charge on any atom is -0.493 e. The molecule has 138 valence electrons. The number of rotatable bonds is 7. The summed E-state index contributed by atoms with van der Waals surface area (Å²) in [5.74, 6) is 1.86. The summed E-state index contributed by atoms with van der Waals surface area (Å²) in [5.41, 5.74) is 1.09. The van der Waals surface area contributed by atoms with E-state index in [1.54, 1.807) is 36.4 Å². The number of carbonyl (C=O) groups is 1. The molecule has 1 aliphatic rings. The van der Waals surface area contributed by atoms with E-state index in [1.165, 1.54) is 14.2 Å². The van der Waals surface area contributed by atoms with Crippen molar-refractivity contribution in [3.63, 3.8) is 0 Å². The lowest BCUT2D eigenvalue weighted by Crippen LogP contribution is -2.26. The number of nitrogens with one attached hydrogen (secondary N) is 1. The molecule has 0 aromatic heterocycles. The van der Waals surface area contributed by atoms with Gasteiger partial charge in [0.2, 0.25) is 6.79 Å². The molecule has 0 spiro atoms. The molecule has 1 aliphatic heterocycles. The molecule has 1 heterocycles. The first-order chi connectivity index (χ1) is 12.6. The van der Waals surface area contributed by atoms with Gasteiger partial charge in [0.1, 0.15) is 0 Å². The summed E-state index contributed by atoms with van der Waals surface area (Å²) in [4.78, 5) is 12.4. The highest BCUT2D eigenvalue weighted by Gasteiger charge is 2.18. The van der Waals surface area contributed by atoms with E-state index < -0.39 is 6.10 Å². The van der Waals surface area contributed by atoms with Gasteiger partial charge in [-0.1, -0.05) is 12.1 Å². The number of benzene rings is 2. The molecule has 0 aliphatic carbocycles. The number of ether oxygens (including phenoxy) is 4. The number of aliphatic hydroxyl groups is 1. The van der Waals surface area contributed by atoms with Gasteiger partial charge in [-0.25, -0.2) is 0 Å². The zero-order valence-electron chi connectivity index (χ0n) is 14.7. The molecule has 1 amide bonds. The molecule has 0 bridgehead atoms. The van der Waals surface area contributed by atoms with Crippen LogP contribution in [-0.4, -0.2) is 38.6 Å². The van der Waals surface area contributed by atoms with Crippen LogP contribution in [0.3, 0.4) is 0 Å². The maximum absolute atomic E-state index is 12.4. The summed E-state index contributed by atoms with van der Waals surface area (Å²) in [6.45, 7) is 0.488. The van der Waals surface area contributed by atoms with Crippen molar-refractivity contribution < 1.29 is 28.8 Å². The van der Waals surface area contributed by atoms with Crippen LogP contribution in [0.2, 0.25) is 0 Å². The van der Waals surface area contributed by atoms with Crippen molar-refractivity contribution in [2.24, 2.45) is 0 Å². The van der Waals surface area contributed by atoms with Crippen molar-refractivity contribution in [1.82, 2.24) is 5.32 Å². The Kier molecular flexibility index (Phi) is 5.48. The van der Waals surface area contributed by atoms with Crippen LogP contribution < -0.4 is 24.3 Å². The van der Waals surface area contributed by atoms with Crippen molar-refractivity contribution in [3.8, 4) is 23.0 Å². The summed E-state index contributed by atoms with van der Waals surface area (Å²) in [5, 5.41) is 13.1. The second-order valence-electron chi connectivity index (χ2n) is 5.71. The zero-order valence-corrected chi connectivity index (χ0v) is 14.7. The van der Waals surface area contributed by atoms with Crippen LogP contribution in [0.5, 0.6) is 23.0 Å². The second kappa shape index (κ2) is 7.97. The SMILES string of the molecule is COc1cccc(C(=O)NCCC(O)c2ccc3c(c2)OCO3)c1OC. The molecule has 26 heavy (non-hydrogen) atoms. The van der Waals surface area contributed by atoms with E-state index in [9.17, 15) is 9.90 Å². The Morgan fingerprint density at radius 2 is 2.00 bits per heavy atom. The van der Waals surface area contributed by atoms with Gasteiger partial charge in [-0.2, -0.15) is 0 Å². The van der Waals surface area contributed by atoms with Gasteiger partial charge in [-0.05, 0) is 36.2 Å². The van der Waals surface area contributed by atoms with Crippen molar-refractivity contribution in [3.05, 3.63) is 47.5 Å². The smallest absolute Gasteiger partial charge is 0.255 e. The highest BCUT2D eigenvalue weighted by molar-refractivity contribution is 5.97. The monoisotopic (exact) mass is 359 g/mol. The topological polar surface area (TPSA) is 86.3 Å². The maximum atomic E-state index is 12.4. The van der Waals surface area contributed by atoms with Crippen molar-refractivity contribution >= 4 is 5.91 Å². The van der Waals surface area contributed by atoms with Crippen LogP contribution in [0.25, 0.3) is 0 Å². The number of methoxy groups -OCH3 is 2. The number of fused-ring (bicyclic) bond motifs is 1. The summed E-state index contributed by atoms with van der Waals surface area (Å²) in [7, 11) is 3.00. The average Bonchev–Trinajstić information content (AvgIpc) is 3.14. The minimum atomic E-state index is -0.725. The number of hydrogen-bond acceptors (Lipinski definition) is 6. The number of carbonyl (C=O) groups excluding carboxylic acids is 1. The highest BCUT2D eigenvalue weighted by Crippen LogP contribution is 2.34. The quantitative estimate of drug-likeness (QED) is 0.789. The minimum absolute atomic E-state index is 0.188. The van der Waals surface area contributed by atoms with Crippen LogP contribution in [0.15, 0.2) is 36.4 Å². The molecule has 7 heteroatoms. The van der Waals surface area contributed by atoms with Crippen LogP contribution in [0.4, 0.5) is 0 Å². The Morgan fingerprint density at radius 1 is 1.19 bits per heavy atom. The Bertz CT molecular complexity index is 792. The predicted molar refractivity (Wildman–Crippen MR) is 94.0 cm³/mol. The molecule has 2 N–H and O–H groups in total. The second-order valence-corrected chi connectivity index (χ2v) is 5.71. The summed E-state index contributed by atoms with van der Waals surface area (Å²) >= 11 is 0. The lowest BCUT2D eigenvalue weighted by molar-refractivity contribution is 0.0939. The van der Waals surface area contributed by atoms with E-state index in [2.05, 4.69) is 5.32 Å². The molecular weight excluding hydrogens is 338 g/mol. The molecule has 2 aromatic rings. The van der Waals surface area contributed by atoms with E-state index in [0.717, 1.165) is 0 Å². The summed E-state index contributed by atoms with van der Waals surface area (Å²) < 4.78 is 21.0. The third kappa shape index (κ3) is 3.67. The Hall–Kier alpha value is -2.93. The molecule has 3 rings (SSSR count). The number of hydrogen-bond donors (Lipinski definition) is 2. The Balaban J connectivity index is 1.58. The number of aliphatic hydroxyl groups excluding tert-OH is 1. The largest absolute Gasteiger partial charge is 0.493 e. The zero-order chi connectivity index (χ0) is 18.5. The standard InChI is InChI=1S/C19H21NO6/c1-23-16-5-3-4-13(18(16)24-2)19(22)20-9-8-14(21)12-6-7-15-17(10-12)26-11-25-15/h3-7,10,14,21H,8-9,11H2,1-2H3,(H,20,22). The number of amides is 1. The van der Waals surface area contributed by atoms with Gasteiger partial charge in [0.15, 0.2) is 23.0 Å². The molecule has 0 saturated carbocycles. The molecule has 2 aromatic carbocycles. The van der Waals surface area contributed by atoms with Gasteiger partial charge < -0.3 is 29.4 Å². The Morgan fingerprint density at radius 3 is 2.77 bits per heavy atom. The molecule has 0 radical (unpaired) electrons. The van der Waals surface area contributed by atoms with Crippen molar-refractivity contribution in [2.75, 3.05) is 27.6 Å². The number of para-hydroxylation sites is 1. The third-order valence-electron chi connectivity index (χ3n) is 4.13. The molecule has 0 saturated heterocycles. The highest BCUT2D eigenvalue weighted by atomic mass is 16.7. The Labute approximate surface area is 151 Å². The average molecular weight is 359 g/mol. The van der Waals surface area contributed by atoms with E-state index >= 15 is 0 Å². The first kappa shape index (κ1) is 17.9. The van der Waals surface area contributed by atoms with Crippen LogP contribution in [0, 0.1) is 0 Å². The van der Waals surface area contributed by atoms with Gasteiger partial charge in [-0.3, -0.25) is 4.79 Å². The van der Waals surface area contributed by atoms with Crippen molar-refractivity contribution in [2.45, 2.75) is 12.5 Å². The normalized spacial score (nSPS) is 13.2. The van der Waals surface area contributed by atoms with Crippen molar-refractivity contribution in [1.29, 1.82) is 0 Å². The van der Waals surface area contributed by atoms with Crippen LogP contribution in [-0.2, 0) is 0 Å². The maximum Gasteiger partial charge on any atom is 0.255 e. The fourth-order valence-corrected chi connectivity index (χ4v) is 2.77. The van der Waals surface area contributed by atoms with E-state index in [4.69, 9.17) is 18.9 Å². The first-order valence-electron chi connectivity index (χ1n) is 8.21. The van der Waals surface area contributed by atoms with Gasteiger partial charge >= 0.3 is 0 Å². The van der Waals surface area contributed by atoms with E-state index in [0.29, 0.717) is 47.1 Å². The van der Waals surface area contributed by atoms with E-state index in [1.807, 2.05) is 0 Å². The molecule has 0 fully saturated rings. The predicted octanol–water partition coefficient (Wildman–Crippen LogP) is 2.29. The van der Waals surface area contributed by atoms with Gasteiger partial charge in [0.25, 0.3) is 5.91 Å². The fourth-order valence-electron chi connectivity index (χ4n) is 2.77. The third-order valence-corrected chi connectivity index (χ3v) is 4.13. The molecule has 7 nitrogen and oxygen atoms in total. The summed E-state index contributed by atoms with van der Waals surface area (Å²) in [6, 6.07) is 10.4. The fraction of sp³-hybridized carbons (Fsp3) is 0.316.